The van der Waals surface area contributed by atoms with Crippen molar-refractivity contribution >= 4 is 25.8 Å². The molecule has 0 bridgehead atoms. The van der Waals surface area contributed by atoms with Gasteiger partial charge in [0.2, 0.25) is 0 Å². The maximum atomic E-state index is 12.0. The molecule has 1 aromatic carbocycles. The normalized spacial score (nSPS) is 11.7. The Morgan fingerprint density at radius 1 is 1.28 bits per heavy atom. The monoisotopic (exact) mass is 329 g/mol. The van der Waals surface area contributed by atoms with Crippen LogP contribution in [0.4, 0.5) is 0 Å². The second-order valence-corrected chi connectivity index (χ2v) is 6.97. The Hall–Kier alpha value is -1.14. The number of aromatic nitrogens is 1. The van der Waals surface area contributed by atoms with Gasteiger partial charge >= 0.3 is 0 Å². The van der Waals surface area contributed by atoms with E-state index in [1.165, 1.54) is 6.26 Å². The van der Waals surface area contributed by atoms with E-state index in [2.05, 4.69) is 25.6 Å². The molecule has 0 radical (unpaired) electrons. The number of benzene rings is 1. The minimum atomic E-state index is -3.24. The topological polar surface area (TPSA) is 60.2 Å². The summed E-state index contributed by atoms with van der Waals surface area (Å²) in [6, 6.07) is 7.10. The van der Waals surface area contributed by atoms with Crippen molar-refractivity contribution in [3.63, 3.8) is 0 Å². The van der Waals surface area contributed by atoms with Crippen LogP contribution in [0.5, 0.6) is 0 Å². The summed E-state index contributed by atoms with van der Waals surface area (Å²) in [6.45, 7) is 1.89. The minimum absolute atomic E-state index is 0.00509. The molecule has 0 saturated carbocycles. The molecular formula is C12H12BrNO3S. The summed E-state index contributed by atoms with van der Waals surface area (Å²) in [5.41, 5.74) is 2.18. The van der Waals surface area contributed by atoms with Crippen molar-refractivity contribution in [1.29, 1.82) is 0 Å². The maximum Gasteiger partial charge on any atom is 0.160 e. The molecule has 2 aromatic rings. The van der Waals surface area contributed by atoms with Crippen molar-refractivity contribution in [3.05, 3.63) is 51.8 Å². The summed E-state index contributed by atoms with van der Waals surface area (Å²) < 4.78 is 29.6. The fraction of sp³-hybridized carbons (Fsp3) is 0.250. The van der Waals surface area contributed by atoms with E-state index in [4.69, 9.17) is 0 Å². The molecule has 0 unspecified atom stereocenters. The standard InChI is InChI=1S/C12H12BrNO3S/c1-9-10(3-2-4-12(9)13)7-18(15,16)8-11-5-6-17-14-11/h2-6H,7-8H2,1H3. The van der Waals surface area contributed by atoms with E-state index in [1.807, 2.05) is 25.1 Å². The summed E-state index contributed by atoms with van der Waals surface area (Å²) in [5, 5.41) is 3.62. The van der Waals surface area contributed by atoms with Crippen molar-refractivity contribution < 1.29 is 12.9 Å². The van der Waals surface area contributed by atoms with Crippen molar-refractivity contribution in [2.24, 2.45) is 0 Å². The number of rotatable bonds is 4. The van der Waals surface area contributed by atoms with Gasteiger partial charge in [0.05, 0.1) is 17.2 Å². The molecule has 0 spiro atoms. The van der Waals surface area contributed by atoms with Crippen molar-refractivity contribution in [3.8, 4) is 0 Å². The second kappa shape index (κ2) is 5.24. The molecule has 0 amide bonds. The van der Waals surface area contributed by atoms with Crippen molar-refractivity contribution in [1.82, 2.24) is 5.16 Å². The van der Waals surface area contributed by atoms with Crippen LogP contribution in [-0.4, -0.2) is 13.6 Å². The Kier molecular flexibility index (Phi) is 3.87. The predicted molar refractivity (Wildman–Crippen MR) is 71.7 cm³/mol. The summed E-state index contributed by atoms with van der Waals surface area (Å²) in [5.74, 6) is -0.0966. The van der Waals surface area contributed by atoms with E-state index in [0.29, 0.717) is 5.69 Å². The van der Waals surface area contributed by atoms with Crippen molar-refractivity contribution in [2.75, 3.05) is 0 Å². The third-order valence-electron chi connectivity index (χ3n) is 2.61. The molecule has 18 heavy (non-hydrogen) atoms. The zero-order valence-corrected chi connectivity index (χ0v) is 12.2. The second-order valence-electron chi connectivity index (χ2n) is 4.05. The van der Waals surface area contributed by atoms with Crippen LogP contribution in [0.2, 0.25) is 0 Å². The van der Waals surface area contributed by atoms with Crippen LogP contribution < -0.4 is 0 Å². The number of halogens is 1. The van der Waals surface area contributed by atoms with Gasteiger partial charge in [-0.15, -0.1) is 0 Å². The molecule has 96 valence electrons. The van der Waals surface area contributed by atoms with Crippen LogP contribution in [0.1, 0.15) is 16.8 Å². The van der Waals surface area contributed by atoms with Gasteiger partial charge in [-0.2, -0.15) is 0 Å². The van der Waals surface area contributed by atoms with E-state index < -0.39 is 9.84 Å². The van der Waals surface area contributed by atoms with E-state index in [-0.39, 0.29) is 11.5 Å². The van der Waals surface area contributed by atoms with E-state index in [1.54, 1.807) is 6.07 Å². The average molecular weight is 330 g/mol. The molecule has 0 fully saturated rings. The van der Waals surface area contributed by atoms with Gasteiger partial charge in [0, 0.05) is 10.5 Å². The molecule has 0 aliphatic rings. The number of nitrogens with zero attached hydrogens (tertiary/aromatic N) is 1. The van der Waals surface area contributed by atoms with Crippen molar-refractivity contribution in [2.45, 2.75) is 18.4 Å². The Labute approximate surface area is 114 Å². The first-order chi connectivity index (χ1) is 8.48. The van der Waals surface area contributed by atoms with Gasteiger partial charge in [-0.25, -0.2) is 8.42 Å². The number of hydrogen-bond acceptors (Lipinski definition) is 4. The SMILES string of the molecule is Cc1c(Br)cccc1CS(=O)(=O)Cc1ccon1. The molecular weight excluding hydrogens is 318 g/mol. The van der Waals surface area contributed by atoms with Gasteiger partial charge in [-0.3, -0.25) is 0 Å². The number of sulfone groups is 1. The maximum absolute atomic E-state index is 12.0. The van der Waals surface area contributed by atoms with Crippen LogP contribution >= 0.6 is 15.9 Å². The Morgan fingerprint density at radius 3 is 2.72 bits per heavy atom. The van der Waals surface area contributed by atoms with Gasteiger partial charge in [0.25, 0.3) is 0 Å². The lowest BCUT2D eigenvalue weighted by Gasteiger charge is -2.07. The molecule has 1 heterocycles. The zero-order chi connectivity index (χ0) is 13.2. The minimum Gasteiger partial charge on any atom is -0.364 e. The van der Waals surface area contributed by atoms with E-state index >= 15 is 0 Å². The summed E-state index contributed by atoms with van der Waals surface area (Å²) in [4.78, 5) is 0. The number of hydrogen-bond donors (Lipinski definition) is 0. The molecule has 0 aliphatic heterocycles. The van der Waals surface area contributed by atoms with Crippen LogP contribution in [0, 0.1) is 6.92 Å². The van der Waals surface area contributed by atoms with Gasteiger partial charge in [0.15, 0.2) is 9.84 Å². The fourth-order valence-electron chi connectivity index (χ4n) is 1.63. The van der Waals surface area contributed by atoms with E-state index in [9.17, 15) is 8.42 Å². The summed E-state index contributed by atoms with van der Waals surface area (Å²) in [7, 11) is -3.24. The van der Waals surface area contributed by atoms with Gasteiger partial charge in [0.1, 0.15) is 6.26 Å². The van der Waals surface area contributed by atoms with Crippen LogP contribution in [0.3, 0.4) is 0 Å². The largest absolute Gasteiger partial charge is 0.364 e. The van der Waals surface area contributed by atoms with Gasteiger partial charge in [-0.1, -0.05) is 33.2 Å². The quantitative estimate of drug-likeness (QED) is 0.865. The highest BCUT2D eigenvalue weighted by atomic mass is 79.9. The Balaban J connectivity index is 2.20. The summed E-state index contributed by atoms with van der Waals surface area (Å²) >= 11 is 3.39. The molecule has 0 saturated heterocycles. The highest BCUT2D eigenvalue weighted by Crippen LogP contribution is 2.22. The van der Waals surface area contributed by atoms with Crippen LogP contribution in [0.25, 0.3) is 0 Å². The third-order valence-corrected chi connectivity index (χ3v) is 4.96. The molecule has 4 nitrogen and oxygen atoms in total. The molecule has 0 atom stereocenters. The van der Waals surface area contributed by atoms with Gasteiger partial charge < -0.3 is 4.52 Å². The predicted octanol–water partition coefficient (Wildman–Crippen LogP) is 2.86. The Morgan fingerprint density at radius 2 is 2.06 bits per heavy atom. The molecule has 2 rings (SSSR count). The highest BCUT2D eigenvalue weighted by Gasteiger charge is 2.16. The molecule has 1 aromatic heterocycles. The smallest absolute Gasteiger partial charge is 0.160 e. The van der Waals surface area contributed by atoms with Crippen LogP contribution in [-0.2, 0) is 21.3 Å². The first-order valence-electron chi connectivity index (χ1n) is 5.31. The first kappa shape index (κ1) is 13.3. The fourth-order valence-corrected chi connectivity index (χ4v) is 3.53. The summed E-state index contributed by atoms with van der Waals surface area (Å²) in [6.07, 6.45) is 1.37. The first-order valence-corrected chi connectivity index (χ1v) is 7.93. The van der Waals surface area contributed by atoms with Gasteiger partial charge in [-0.05, 0) is 24.1 Å². The Bertz CT molecular complexity index is 635. The third kappa shape index (κ3) is 3.20. The molecule has 6 heteroatoms. The highest BCUT2D eigenvalue weighted by molar-refractivity contribution is 9.10. The van der Waals surface area contributed by atoms with E-state index in [0.717, 1.165) is 15.6 Å². The lowest BCUT2D eigenvalue weighted by atomic mass is 10.1. The lowest BCUT2D eigenvalue weighted by molar-refractivity contribution is 0.413. The lowest BCUT2D eigenvalue weighted by Crippen LogP contribution is -2.09. The van der Waals surface area contributed by atoms with Crippen LogP contribution in [0.15, 0.2) is 39.5 Å². The molecule has 0 aliphatic carbocycles. The molecule has 0 N–H and O–H groups in total. The average Bonchev–Trinajstić information content (AvgIpc) is 2.76. The zero-order valence-electron chi connectivity index (χ0n) is 9.76.